The molecule has 3 heteroatoms. The fraction of sp³-hybridized carbons (Fsp3) is 0.938. The Morgan fingerprint density at radius 2 is 1.68 bits per heavy atom. The SMILES string of the molecule is CC1(C)CNCCC1NC(=O)C1CCCCCCC1. The van der Waals surface area contributed by atoms with Crippen LogP contribution in [0.1, 0.15) is 65.2 Å². The zero-order valence-corrected chi connectivity index (χ0v) is 12.6. The zero-order chi connectivity index (χ0) is 13.7. The van der Waals surface area contributed by atoms with E-state index in [1.54, 1.807) is 0 Å². The van der Waals surface area contributed by atoms with Crippen LogP contribution < -0.4 is 10.6 Å². The lowest BCUT2D eigenvalue weighted by molar-refractivity contribution is -0.127. The van der Waals surface area contributed by atoms with Crippen molar-refractivity contribution in [3.63, 3.8) is 0 Å². The van der Waals surface area contributed by atoms with Gasteiger partial charge in [-0.05, 0) is 31.2 Å². The summed E-state index contributed by atoms with van der Waals surface area (Å²) >= 11 is 0. The molecule has 1 atom stereocenters. The van der Waals surface area contributed by atoms with Crippen LogP contribution in [0, 0.1) is 11.3 Å². The molecular formula is C16H30N2O. The lowest BCUT2D eigenvalue weighted by Gasteiger charge is -2.40. The summed E-state index contributed by atoms with van der Waals surface area (Å²) < 4.78 is 0. The summed E-state index contributed by atoms with van der Waals surface area (Å²) in [5.41, 5.74) is 0.176. The smallest absolute Gasteiger partial charge is 0.223 e. The number of hydrogen-bond acceptors (Lipinski definition) is 2. The van der Waals surface area contributed by atoms with E-state index >= 15 is 0 Å². The minimum Gasteiger partial charge on any atom is -0.352 e. The third-order valence-electron chi connectivity index (χ3n) is 4.93. The second-order valence-corrected chi connectivity index (χ2v) is 7.06. The molecule has 2 aliphatic rings. The number of carbonyl (C=O) groups is 1. The van der Waals surface area contributed by atoms with Gasteiger partial charge in [0.1, 0.15) is 0 Å². The first kappa shape index (κ1) is 14.8. The Kier molecular flexibility index (Phi) is 5.26. The fourth-order valence-corrected chi connectivity index (χ4v) is 3.45. The Morgan fingerprint density at radius 3 is 2.32 bits per heavy atom. The summed E-state index contributed by atoms with van der Waals surface area (Å²) in [5, 5.41) is 6.77. The van der Waals surface area contributed by atoms with Crippen molar-refractivity contribution in [2.45, 2.75) is 71.3 Å². The average Bonchev–Trinajstić information content (AvgIpc) is 2.31. The first-order valence-corrected chi connectivity index (χ1v) is 8.11. The molecule has 1 saturated carbocycles. The molecule has 1 heterocycles. The molecule has 19 heavy (non-hydrogen) atoms. The van der Waals surface area contributed by atoms with Crippen molar-refractivity contribution >= 4 is 5.91 Å². The van der Waals surface area contributed by atoms with Gasteiger partial charge < -0.3 is 10.6 Å². The van der Waals surface area contributed by atoms with Gasteiger partial charge in [0.2, 0.25) is 5.91 Å². The Hall–Kier alpha value is -0.570. The highest BCUT2D eigenvalue weighted by Crippen LogP contribution is 2.27. The Morgan fingerprint density at radius 1 is 1.05 bits per heavy atom. The summed E-state index contributed by atoms with van der Waals surface area (Å²) in [5.74, 6) is 0.591. The maximum Gasteiger partial charge on any atom is 0.223 e. The number of piperidine rings is 1. The van der Waals surface area contributed by atoms with Crippen LogP contribution in [0.3, 0.4) is 0 Å². The molecule has 1 aliphatic heterocycles. The van der Waals surface area contributed by atoms with Gasteiger partial charge in [0.15, 0.2) is 0 Å². The van der Waals surface area contributed by atoms with E-state index in [0.717, 1.165) is 32.4 Å². The first-order chi connectivity index (χ1) is 9.09. The van der Waals surface area contributed by atoms with Gasteiger partial charge >= 0.3 is 0 Å². The van der Waals surface area contributed by atoms with Gasteiger partial charge in [-0.15, -0.1) is 0 Å². The predicted molar refractivity (Wildman–Crippen MR) is 79.0 cm³/mol. The van der Waals surface area contributed by atoms with Gasteiger partial charge in [-0.25, -0.2) is 0 Å². The van der Waals surface area contributed by atoms with Crippen molar-refractivity contribution in [3.05, 3.63) is 0 Å². The second kappa shape index (κ2) is 6.74. The molecule has 2 fully saturated rings. The number of amides is 1. The maximum atomic E-state index is 12.5. The topological polar surface area (TPSA) is 41.1 Å². The van der Waals surface area contributed by atoms with E-state index in [4.69, 9.17) is 0 Å². The van der Waals surface area contributed by atoms with Crippen LogP contribution >= 0.6 is 0 Å². The summed E-state index contributed by atoms with van der Waals surface area (Å²) in [6, 6.07) is 0.340. The van der Waals surface area contributed by atoms with Crippen molar-refractivity contribution in [1.29, 1.82) is 0 Å². The highest BCUT2D eigenvalue weighted by atomic mass is 16.1. The van der Waals surface area contributed by atoms with E-state index in [9.17, 15) is 4.79 Å². The minimum atomic E-state index is 0.176. The second-order valence-electron chi connectivity index (χ2n) is 7.06. The maximum absolute atomic E-state index is 12.5. The van der Waals surface area contributed by atoms with E-state index in [0.29, 0.717) is 11.9 Å². The highest BCUT2D eigenvalue weighted by Gasteiger charge is 2.34. The van der Waals surface area contributed by atoms with Gasteiger partial charge in [0.05, 0.1) is 0 Å². The molecule has 2 N–H and O–H groups in total. The normalized spacial score (nSPS) is 29.3. The Bertz CT molecular complexity index is 293. The molecule has 1 aliphatic carbocycles. The van der Waals surface area contributed by atoms with Crippen LogP contribution in [0.25, 0.3) is 0 Å². The predicted octanol–water partition coefficient (Wildman–Crippen LogP) is 2.85. The van der Waals surface area contributed by atoms with Gasteiger partial charge in [-0.3, -0.25) is 4.79 Å². The molecule has 1 amide bonds. The zero-order valence-electron chi connectivity index (χ0n) is 12.6. The van der Waals surface area contributed by atoms with Crippen LogP contribution in [0.5, 0.6) is 0 Å². The molecule has 110 valence electrons. The molecule has 1 unspecified atom stereocenters. The number of carbonyl (C=O) groups excluding carboxylic acids is 1. The van der Waals surface area contributed by atoms with Gasteiger partial charge in [-0.2, -0.15) is 0 Å². The average molecular weight is 266 g/mol. The number of nitrogens with one attached hydrogen (secondary N) is 2. The third kappa shape index (κ3) is 4.20. The highest BCUT2D eigenvalue weighted by molar-refractivity contribution is 5.79. The van der Waals surface area contributed by atoms with Gasteiger partial charge in [-0.1, -0.05) is 46.0 Å². The molecule has 0 aromatic carbocycles. The number of rotatable bonds is 2. The molecule has 0 radical (unpaired) electrons. The van der Waals surface area contributed by atoms with Gasteiger partial charge in [0, 0.05) is 18.5 Å². The van der Waals surface area contributed by atoms with Crippen molar-refractivity contribution in [2.75, 3.05) is 13.1 Å². The van der Waals surface area contributed by atoms with Crippen LogP contribution in [0.4, 0.5) is 0 Å². The van der Waals surface area contributed by atoms with Crippen LogP contribution in [0.15, 0.2) is 0 Å². The quantitative estimate of drug-likeness (QED) is 0.807. The molecule has 0 bridgehead atoms. The van der Waals surface area contributed by atoms with Gasteiger partial charge in [0.25, 0.3) is 0 Å². The lowest BCUT2D eigenvalue weighted by Crippen LogP contribution is -2.55. The molecule has 0 aromatic rings. The van der Waals surface area contributed by atoms with E-state index < -0.39 is 0 Å². The molecule has 3 nitrogen and oxygen atoms in total. The molecule has 1 saturated heterocycles. The van der Waals surface area contributed by atoms with E-state index in [2.05, 4.69) is 24.5 Å². The van der Waals surface area contributed by atoms with Crippen molar-refractivity contribution in [2.24, 2.45) is 11.3 Å². The largest absolute Gasteiger partial charge is 0.352 e. The Labute approximate surface area is 117 Å². The van der Waals surface area contributed by atoms with Crippen molar-refractivity contribution < 1.29 is 4.79 Å². The van der Waals surface area contributed by atoms with Crippen LogP contribution in [0.2, 0.25) is 0 Å². The van der Waals surface area contributed by atoms with Crippen LogP contribution in [-0.2, 0) is 4.79 Å². The van der Waals surface area contributed by atoms with Crippen molar-refractivity contribution in [3.8, 4) is 0 Å². The summed E-state index contributed by atoms with van der Waals surface area (Å²) in [7, 11) is 0. The van der Waals surface area contributed by atoms with E-state index in [1.807, 2.05) is 0 Å². The van der Waals surface area contributed by atoms with E-state index in [1.165, 1.54) is 32.1 Å². The first-order valence-electron chi connectivity index (χ1n) is 8.11. The van der Waals surface area contributed by atoms with Crippen LogP contribution in [-0.4, -0.2) is 25.0 Å². The minimum absolute atomic E-state index is 0.176. The monoisotopic (exact) mass is 266 g/mol. The Balaban J connectivity index is 1.87. The fourth-order valence-electron chi connectivity index (χ4n) is 3.45. The summed E-state index contributed by atoms with van der Waals surface area (Å²) in [4.78, 5) is 12.5. The standard InChI is InChI=1S/C16H30N2O/c1-16(2)12-17-11-10-14(16)18-15(19)13-8-6-4-3-5-7-9-13/h13-14,17H,3-12H2,1-2H3,(H,18,19). The summed E-state index contributed by atoms with van der Waals surface area (Å²) in [6.45, 7) is 6.53. The van der Waals surface area contributed by atoms with E-state index in [-0.39, 0.29) is 11.3 Å². The lowest BCUT2D eigenvalue weighted by atomic mass is 9.79. The third-order valence-corrected chi connectivity index (χ3v) is 4.93. The molecule has 2 rings (SSSR count). The molecule has 0 spiro atoms. The summed E-state index contributed by atoms with van der Waals surface area (Å²) in [6.07, 6.45) is 9.68. The number of hydrogen-bond donors (Lipinski definition) is 2. The molecule has 0 aromatic heterocycles. The molecular weight excluding hydrogens is 236 g/mol. The van der Waals surface area contributed by atoms with Crippen molar-refractivity contribution in [1.82, 2.24) is 10.6 Å².